The summed E-state index contributed by atoms with van der Waals surface area (Å²) in [6, 6.07) is 3.93. The van der Waals surface area contributed by atoms with Gasteiger partial charge in [0, 0.05) is 48.7 Å². The molecule has 0 radical (unpaired) electrons. The predicted molar refractivity (Wildman–Crippen MR) is 180 cm³/mol. The Morgan fingerprint density at radius 1 is 1.00 bits per heavy atom. The Hall–Kier alpha value is -3.94. The summed E-state index contributed by atoms with van der Waals surface area (Å²) in [6.45, 7) is 6.63. The number of pyridine rings is 1. The van der Waals surface area contributed by atoms with Crippen LogP contribution in [0.3, 0.4) is 0 Å². The molecule has 3 aliphatic rings. The summed E-state index contributed by atoms with van der Waals surface area (Å²) < 4.78 is 96.8. The van der Waals surface area contributed by atoms with Gasteiger partial charge in [0.2, 0.25) is 11.9 Å². The van der Waals surface area contributed by atoms with E-state index in [1.54, 1.807) is 6.92 Å². The number of nitrogens with zero attached hydrogens (tertiary/aromatic N) is 4. The topological polar surface area (TPSA) is 97.7 Å². The number of carbonyl (C=O) groups is 1. The molecule has 52 heavy (non-hydrogen) atoms. The average molecular weight is 735 g/mol. The third kappa shape index (κ3) is 8.31. The highest BCUT2D eigenvalue weighted by Gasteiger charge is 2.44. The fourth-order valence-electron chi connectivity index (χ4n) is 7.96. The van der Waals surface area contributed by atoms with Crippen molar-refractivity contribution in [1.82, 2.24) is 15.0 Å². The van der Waals surface area contributed by atoms with Crippen LogP contribution in [-0.4, -0.2) is 58.3 Å². The number of benzene rings is 1. The van der Waals surface area contributed by atoms with E-state index in [1.807, 2.05) is 18.7 Å². The number of aliphatic hydroxyl groups excluding tert-OH is 1. The van der Waals surface area contributed by atoms with Crippen molar-refractivity contribution in [2.24, 2.45) is 5.41 Å². The van der Waals surface area contributed by atoms with E-state index >= 15 is 4.39 Å². The Morgan fingerprint density at radius 2 is 1.63 bits per heavy atom. The lowest BCUT2D eigenvalue weighted by Crippen LogP contribution is -2.36. The molecule has 0 spiro atoms. The number of piperidine rings is 1. The van der Waals surface area contributed by atoms with Crippen LogP contribution >= 0.6 is 0 Å². The summed E-state index contributed by atoms with van der Waals surface area (Å²) in [6.07, 6.45) is -3.29. The van der Waals surface area contributed by atoms with Crippen LogP contribution in [0.4, 0.5) is 32.3 Å². The maximum absolute atomic E-state index is 17.2. The highest BCUT2D eigenvalue weighted by molar-refractivity contribution is 5.71. The van der Waals surface area contributed by atoms with Gasteiger partial charge in [-0.05, 0) is 80.0 Å². The van der Waals surface area contributed by atoms with Crippen LogP contribution < -0.4 is 9.64 Å². The quantitative estimate of drug-likeness (QED) is 0.173. The van der Waals surface area contributed by atoms with Gasteiger partial charge >= 0.3 is 12.1 Å². The van der Waals surface area contributed by atoms with E-state index in [1.165, 1.54) is 12.4 Å². The number of alkyl halides is 6. The first-order valence-electron chi connectivity index (χ1n) is 17.8. The van der Waals surface area contributed by atoms with Crippen molar-refractivity contribution in [3.8, 4) is 5.75 Å². The number of rotatable bonds is 9. The van der Waals surface area contributed by atoms with Crippen LogP contribution in [-0.2, 0) is 22.1 Å². The minimum Gasteiger partial charge on any atom is -0.479 e. The molecule has 6 rings (SSSR count). The summed E-state index contributed by atoms with van der Waals surface area (Å²) in [5, 5.41) is 11.6. The molecule has 0 amide bonds. The van der Waals surface area contributed by atoms with Gasteiger partial charge in [-0.1, -0.05) is 26.0 Å². The number of esters is 1. The highest BCUT2D eigenvalue weighted by atomic mass is 19.4. The second-order valence-corrected chi connectivity index (χ2v) is 14.9. The number of ether oxygens (including phenoxy) is 2. The van der Waals surface area contributed by atoms with Crippen LogP contribution in [0.5, 0.6) is 5.75 Å². The molecule has 2 unspecified atom stereocenters. The normalized spacial score (nSPS) is 21.3. The Bertz CT molecular complexity index is 1720. The SMILES string of the molecule is CCOC(=O)COc1cnc(N2CCC(c3nc4c(c(C5CCC(F)(F)CC5)c3C(F)c3ccc(C(F)(F)F)cc3)C(O)CC(C)(C)C4)CC2)nc1. The third-order valence-electron chi connectivity index (χ3n) is 10.5. The average Bonchev–Trinajstić information content (AvgIpc) is 3.09. The zero-order valence-corrected chi connectivity index (χ0v) is 29.5. The molecule has 1 N–H and O–H groups in total. The Labute approximate surface area is 299 Å². The minimum absolute atomic E-state index is 0.000111. The van der Waals surface area contributed by atoms with Crippen LogP contribution in [0, 0.1) is 5.41 Å². The molecule has 2 aliphatic carbocycles. The molecule has 1 aromatic carbocycles. The fourth-order valence-corrected chi connectivity index (χ4v) is 7.96. The standard InChI is InChI=1S/C38H44F6N4O4/c1-4-51-29(50)21-52-26-19-45-35(46-20-26)48-15-11-24(12-16-48)34-32(33(39)23-5-7-25(8-6-23)38(42,43)44)30(22-9-13-37(40,41)14-10-22)31-27(47-34)17-36(2,3)18-28(31)49/h5-8,19-20,22,24,28,33,49H,4,9-18,21H2,1-3H3. The van der Waals surface area contributed by atoms with E-state index in [0.717, 1.165) is 24.3 Å². The first-order valence-corrected chi connectivity index (χ1v) is 17.8. The summed E-state index contributed by atoms with van der Waals surface area (Å²) >= 11 is 0. The summed E-state index contributed by atoms with van der Waals surface area (Å²) in [4.78, 5) is 27.5. The lowest BCUT2D eigenvalue weighted by atomic mass is 9.68. The van der Waals surface area contributed by atoms with Crippen LogP contribution in [0.25, 0.3) is 0 Å². The zero-order chi connectivity index (χ0) is 37.4. The van der Waals surface area contributed by atoms with E-state index in [9.17, 15) is 31.9 Å². The maximum atomic E-state index is 17.2. The molecular formula is C38H44F6N4O4. The number of hydrogen-bond acceptors (Lipinski definition) is 8. The fraction of sp³-hybridized carbons (Fsp3) is 0.579. The van der Waals surface area contributed by atoms with E-state index in [-0.39, 0.29) is 61.4 Å². The highest BCUT2D eigenvalue weighted by Crippen LogP contribution is 2.52. The predicted octanol–water partition coefficient (Wildman–Crippen LogP) is 8.57. The van der Waals surface area contributed by atoms with Crippen LogP contribution in [0.2, 0.25) is 0 Å². The Kier molecular flexibility index (Phi) is 10.8. The van der Waals surface area contributed by atoms with Gasteiger partial charge in [0.15, 0.2) is 18.5 Å². The number of carbonyl (C=O) groups excluding carboxylic acids is 1. The van der Waals surface area contributed by atoms with E-state index < -0.39 is 41.8 Å². The molecule has 0 bridgehead atoms. The van der Waals surface area contributed by atoms with E-state index in [0.29, 0.717) is 73.0 Å². The summed E-state index contributed by atoms with van der Waals surface area (Å²) in [5.74, 6) is -3.39. The molecule has 3 aromatic rings. The maximum Gasteiger partial charge on any atom is 0.416 e. The molecule has 2 fully saturated rings. The van der Waals surface area contributed by atoms with Gasteiger partial charge < -0.3 is 19.5 Å². The van der Waals surface area contributed by atoms with Crippen LogP contribution in [0.15, 0.2) is 36.7 Å². The number of hydrogen-bond donors (Lipinski definition) is 1. The van der Waals surface area contributed by atoms with E-state index in [2.05, 4.69) is 9.97 Å². The number of aromatic nitrogens is 3. The molecule has 1 saturated heterocycles. The molecule has 2 atom stereocenters. The minimum atomic E-state index is -4.61. The molecule has 8 nitrogen and oxygen atoms in total. The van der Waals surface area contributed by atoms with Gasteiger partial charge in [-0.3, -0.25) is 4.98 Å². The van der Waals surface area contributed by atoms with Gasteiger partial charge in [-0.2, -0.15) is 13.2 Å². The smallest absolute Gasteiger partial charge is 0.416 e. The molecule has 14 heteroatoms. The summed E-state index contributed by atoms with van der Waals surface area (Å²) in [5.41, 5.74) is 1.02. The van der Waals surface area contributed by atoms with Gasteiger partial charge in [-0.15, -0.1) is 0 Å². The molecule has 3 heterocycles. The molecular weight excluding hydrogens is 690 g/mol. The Morgan fingerprint density at radius 3 is 2.23 bits per heavy atom. The van der Waals surface area contributed by atoms with Gasteiger partial charge in [-0.25, -0.2) is 27.9 Å². The number of halogens is 6. The first kappa shape index (κ1) is 37.8. The van der Waals surface area contributed by atoms with Crippen LogP contribution in [0.1, 0.15) is 129 Å². The van der Waals surface area contributed by atoms with Gasteiger partial charge in [0.05, 0.1) is 36.4 Å². The van der Waals surface area contributed by atoms with Gasteiger partial charge in [0.1, 0.15) is 0 Å². The van der Waals surface area contributed by atoms with Crippen molar-refractivity contribution in [3.05, 3.63) is 75.9 Å². The third-order valence-corrected chi connectivity index (χ3v) is 10.5. The lowest BCUT2D eigenvalue weighted by molar-refractivity contribution is -0.145. The molecule has 282 valence electrons. The van der Waals surface area contributed by atoms with Crippen molar-refractivity contribution >= 4 is 11.9 Å². The number of aliphatic hydroxyl groups is 1. The number of anilines is 1. The van der Waals surface area contributed by atoms with Crippen molar-refractivity contribution in [2.75, 3.05) is 31.2 Å². The second kappa shape index (κ2) is 14.8. The monoisotopic (exact) mass is 734 g/mol. The Balaban J connectivity index is 1.36. The van der Waals surface area contributed by atoms with Crippen molar-refractivity contribution in [2.45, 2.75) is 108 Å². The molecule has 1 saturated carbocycles. The largest absolute Gasteiger partial charge is 0.479 e. The lowest BCUT2D eigenvalue weighted by Gasteiger charge is -2.41. The second-order valence-electron chi connectivity index (χ2n) is 14.9. The van der Waals surface area contributed by atoms with Crippen molar-refractivity contribution in [3.63, 3.8) is 0 Å². The van der Waals surface area contributed by atoms with Gasteiger partial charge in [0.25, 0.3) is 0 Å². The zero-order valence-electron chi connectivity index (χ0n) is 29.5. The summed E-state index contributed by atoms with van der Waals surface area (Å²) in [7, 11) is 0. The number of fused-ring (bicyclic) bond motifs is 1. The van der Waals surface area contributed by atoms with E-state index in [4.69, 9.17) is 14.5 Å². The van der Waals surface area contributed by atoms with Crippen molar-refractivity contribution in [1.29, 1.82) is 0 Å². The first-order chi connectivity index (χ1) is 24.5. The van der Waals surface area contributed by atoms with Crippen molar-refractivity contribution < 1.29 is 45.7 Å². The molecule has 2 aromatic heterocycles. The molecule has 1 aliphatic heterocycles.